The van der Waals surface area contributed by atoms with E-state index in [1.807, 2.05) is 43.3 Å². The lowest BCUT2D eigenvalue weighted by atomic mass is 9.95. The van der Waals surface area contributed by atoms with Gasteiger partial charge in [-0.3, -0.25) is 5.32 Å². The van der Waals surface area contributed by atoms with Crippen molar-refractivity contribution in [1.29, 1.82) is 0 Å². The number of phenolic OH excluding ortho intramolecular Hbond substituents is 3. The number of anilines is 1. The first-order valence-corrected chi connectivity index (χ1v) is 24.7. The first-order chi connectivity index (χ1) is 33.4. The number of carbonyl (C=O) groups excluding carboxylic acids is 1. The number of nitrogens with one attached hydrogen (secondary N) is 1. The molecule has 0 aliphatic carbocycles. The molecule has 4 aromatic rings. The SMILES string of the molecule is CC1CC(CCCC(O)CC(O)CC(CCCC2CC(CCCC(O)CC3CCOC(c4ccccc4O)O3)OC(c3ccccc3O)O2)OC(=O)Nc2ccccc2)OC(c2ccccc2O)O1. The Bertz CT molecular complexity index is 2150. The summed E-state index contributed by atoms with van der Waals surface area (Å²) in [5.74, 6) is 0.282. The minimum atomic E-state index is -0.944. The van der Waals surface area contributed by atoms with Gasteiger partial charge in [0, 0.05) is 35.2 Å². The summed E-state index contributed by atoms with van der Waals surface area (Å²) in [5.41, 5.74) is 2.24. The molecule has 69 heavy (non-hydrogen) atoms. The van der Waals surface area contributed by atoms with Crippen molar-refractivity contribution in [2.75, 3.05) is 11.9 Å². The van der Waals surface area contributed by atoms with Crippen molar-refractivity contribution in [3.63, 3.8) is 0 Å². The van der Waals surface area contributed by atoms with Gasteiger partial charge in [-0.25, -0.2) is 4.79 Å². The van der Waals surface area contributed by atoms with Crippen LogP contribution in [0.1, 0.15) is 139 Å². The van der Waals surface area contributed by atoms with E-state index in [0.29, 0.717) is 112 Å². The molecule has 3 aliphatic rings. The lowest BCUT2D eigenvalue weighted by molar-refractivity contribution is -0.251. The smallest absolute Gasteiger partial charge is 0.411 e. The zero-order valence-corrected chi connectivity index (χ0v) is 39.5. The third-order valence-electron chi connectivity index (χ3n) is 13.1. The van der Waals surface area contributed by atoms with Gasteiger partial charge in [-0.2, -0.15) is 0 Å². The third kappa shape index (κ3) is 16.4. The van der Waals surface area contributed by atoms with E-state index in [-0.39, 0.29) is 60.6 Å². The van der Waals surface area contributed by atoms with Crippen LogP contribution in [-0.2, 0) is 33.2 Å². The minimum absolute atomic E-state index is 0.0642. The highest BCUT2D eigenvalue weighted by atomic mass is 16.7. The van der Waals surface area contributed by atoms with Crippen molar-refractivity contribution in [2.45, 2.75) is 177 Å². The zero-order chi connectivity index (χ0) is 48.5. The van der Waals surface area contributed by atoms with Crippen molar-refractivity contribution < 1.29 is 68.6 Å². The summed E-state index contributed by atoms with van der Waals surface area (Å²) in [6.45, 7) is 2.43. The van der Waals surface area contributed by atoms with Gasteiger partial charge in [-0.05, 0) is 121 Å². The van der Waals surface area contributed by atoms with Gasteiger partial charge in [0.2, 0.25) is 0 Å². The van der Waals surface area contributed by atoms with Crippen LogP contribution in [0.2, 0.25) is 0 Å². The van der Waals surface area contributed by atoms with Crippen molar-refractivity contribution in [1.82, 2.24) is 0 Å². The first kappa shape index (κ1) is 52.0. The highest BCUT2D eigenvalue weighted by Gasteiger charge is 2.34. The maximum absolute atomic E-state index is 13.2. The predicted molar refractivity (Wildman–Crippen MR) is 256 cm³/mol. The van der Waals surface area contributed by atoms with E-state index >= 15 is 0 Å². The second-order valence-electron chi connectivity index (χ2n) is 18.8. The molecule has 7 N–H and O–H groups in total. The lowest BCUT2D eigenvalue weighted by Crippen LogP contribution is -2.34. The van der Waals surface area contributed by atoms with Gasteiger partial charge in [0.15, 0.2) is 18.9 Å². The fraction of sp³-hybridized carbons (Fsp3) is 0.537. The molecule has 3 saturated heterocycles. The summed E-state index contributed by atoms with van der Waals surface area (Å²) < 4.78 is 42.9. The number of aromatic hydroxyl groups is 3. The van der Waals surface area contributed by atoms with Crippen LogP contribution in [0.4, 0.5) is 10.5 Å². The summed E-state index contributed by atoms with van der Waals surface area (Å²) in [6, 6.07) is 29.8. The van der Waals surface area contributed by atoms with Crippen molar-refractivity contribution >= 4 is 11.8 Å². The molecule has 0 spiro atoms. The number of hydrogen-bond acceptors (Lipinski definition) is 14. The van der Waals surface area contributed by atoms with Gasteiger partial charge >= 0.3 is 6.09 Å². The predicted octanol–water partition coefficient (Wildman–Crippen LogP) is 9.75. The van der Waals surface area contributed by atoms with E-state index in [9.17, 15) is 35.4 Å². The molecule has 3 fully saturated rings. The molecule has 15 heteroatoms. The van der Waals surface area contributed by atoms with Crippen LogP contribution in [0.15, 0.2) is 103 Å². The molecular formula is C54H71NO14. The summed E-state index contributed by atoms with van der Waals surface area (Å²) in [4.78, 5) is 13.2. The topological polar surface area (TPSA) is 215 Å². The van der Waals surface area contributed by atoms with Crippen molar-refractivity contribution in [3.8, 4) is 17.2 Å². The second-order valence-corrected chi connectivity index (χ2v) is 18.8. The Morgan fingerprint density at radius 1 is 0.580 bits per heavy atom. The Morgan fingerprint density at radius 3 is 1.67 bits per heavy atom. The number of ether oxygens (including phenoxy) is 7. The second kappa shape index (κ2) is 26.4. The average molecular weight is 958 g/mol. The molecule has 4 aromatic carbocycles. The largest absolute Gasteiger partial charge is 0.507 e. The number of rotatable bonds is 23. The van der Waals surface area contributed by atoms with Crippen LogP contribution >= 0.6 is 0 Å². The summed E-state index contributed by atoms with van der Waals surface area (Å²) in [5, 5.41) is 67.6. The summed E-state index contributed by atoms with van der Waals surface area (Å²) in [6.07, 6.45) is 1.02. The van der Waals surface area contributed by atoms with Crippen molar-refractivity contribution in [2.24, 2.45) is 0 Å². The zero-order valence-electron chi connectivity index (χ0n) is 39.5. The number of hydrogen-bond donors (Lipinski definition) is 7. The number of aliphatic hydroxyl groups excluding tert-OH is 3. The van der Waals surface area contributed by atoms with Gasteiger partial charge in [0.25, 0.3) is 0 Å². The van der Waals surface area contributed by atoms with E-state index in [0.717, 1.165) is 0 Å². The van der Waals surface area contributed by atoms with Gasteiger partial charge in [0.1, 0.15) is 23.4 Å². The normalized spacial score (nSPS) is 25.8. The molecule has 12 atom stereocenters. The monoisotopic (exact) mass is 957 g/mol. The van der Waals surface area contributed by atoms with Gasteiger partial charge in [-0.15, -0.1) is 0 Å². The van der Waals surface area contributed by atoms with Crippen LogP contribution in [0.25, 0.3) is 0 Å². The fourth-order valence-electron chi connectivity index (χ4n) is 9.56. The first-order valence-electron chi connectivity index (χ1n) is 24.7. The number of carbonyl (C=O) groups is 1. The number of benzene rings is 4. The molecule has 12 unspecified atom stereocenters. The van der Waals surface area contributed by atoms with Crippen LogP contribution < -0.4 is 5.32 Å². The van der Waals surface area contributed by atoms with Crippen LogP contribution in [0.5, 0.6) is 17.2 Å². The van der Waals surface area contributed by atoms with E-state index < -0.39 is 49.4 Å². The van der Waals surface area contributed by atoms with E-state index in [2.05, 4.69) is 5.32 Å². The Labute approximate surface area is 405 Å². The molecule has 15 nitrogen and oxygen atoms in total. The molecule has 376 valence electrons. The van der Waals surface area contributed by atoms with Gasteiger partial charge < -0.3 is 63.8 Å². The Hall–Kier alpha value is -4.81. The molecule has 0 radical (unpaired) electrons. The van der Waals surface area contributed by atoms with Crippen molar-refractivity contribution in [3.05, 3.63) is 120 Å². The quantitative estimate of drug-likeness (QED) is 0.0369. The maximum Gasteiger partial charge on any atom is 0.411 e. The molecule has 0 aromatic heterocycles. The number of aliphatic hydroxyl groups is 3. The van der Waals surface area contributed by atoms with Crippen LogP contribution in [-0.4, -0.2) is 98.3 Å². The van der Waals surface area contributed by atoms with Crippen LogP contribution in [0.3, 0.4) is 0 Å². The molecule has 0 bridgehead atoms. The highest BCUT2D eigenvalue weighted by molar-refractivity contribution is 5.84. The summed E-state index contributed by atoms with van der Waals surface area (Å²) >= 11 is 0. The molecule has 0 saturated carbocycles. The lowest BCUT2D eigenvalue weighted by Gasteiger charge is -2.36. The molecule has 3 aliphatic heterocycles. The fourth-order valence-corrected chi connectivity index (χ4v) is 9.56. The third-order valence-corrected chi connectivity index (χ3v) is 13.1. The Balaban J connectivity index is 0.899. The standard InChI is InChI=1S/C54H71NO14/c1-35-30-40(66-52(64-35)46-23-6-9-26-49(46)60)18-11-16-37(56)31-39(58)33-41(69-54(62)55-36-14-3-2-4-15-36)20-13-21-43-34-42(67-53(68-43)47-24-7-10-27-50(47)61)19-12-17-38(57)32-44-28-29-63-51(65-44)45-22-5-8-25-48(45)59/h2-10,14-15,22-27,35,37-44,51-53,56-61H,11-13,16-21,28-34H2,1H3,(H,55,62). The Kier molecular flexibility index (Phi) is 19.9. The number of para-hydroxylation sites is 4. The van der Waals surface area contributed by atoms with Gasteiger partial charge in [-0.1, -0.05) is 72.8 Å². The van der Waals surface area contributed by atoms with E-state index in [4.69, 9.17) is 33.2 Å². The number of phenols is 3. The van der Waals surface area contributed by atoms with E-state index in [1.165, 1.54) is 0 Å². The van der Waals surface area contributed by atoms with Gasteiger partial charge in [0.05, 0.1) is 55.4 Å². The molecule has 3 heterocycles. The van der Waals surface area contributed by atoms with Crippen LogP contribution in [0, 0.1) is 0 Å². The number of amides is 1. The Morgan fingerprint density at radius 2 is 1.07 bits per heavy atom. The molecular weight excluding hydrogens is 887 g/mol. The maximum atomic E-state index is 13.2. The summed E-state index contributed by atoms with van der Waals surface area (Å²) in [7, 11) is 0. The highest BCUT2D eigenvalue weighted by Crippen LogP contribution is 2.39. The average Bonchev–Trinajstić information content (AvgIpc) is 3.32. The minimum Gasteiger partial charge on any atom is -0.507 e. The molecule has 7 rings (SSSR count). The molecule has 1 amide bonds. The van der Waals surface area contributed by atoms with E-state index in [1.54, 1.807) is 66.7 Å².